The van der Waals surface area contributed by atoms with Crippen molar-refractivity contribution in [1.82, 2.24) is 19.4 Å². The van der Waals surface area contributed by atoms with Gasteiger partial charge in [0.05, 0.1) is 11.0 Å². The first-order valence-corrected chi connectivity index (χ1v) is 14.1. The fourth-order valence-electron chi connectivity index (χ4n) is 5.74. The van der Waals surface area contributed by atoms with Crippen LogP contribution in [-0.2, 0) is 0 Å². The number of hydrogen-bond acceptors (Lipinski definition) is 6. The standard InChI is InChI=1S/C27H37N5O2S/c1-3-5-18(2)29-27-28-16-22-23(17-32(25(22)30-27)20-7-9-21(33)10-8-20)19-11-13-31(14-12-19)26(34)24-6-4-15-35-24/h4,6,15-21,33H,3,5,7-14H2,1-2H3,(H,28,29,30)/t18-,20?,21?/m0/s1. The van der Waals surface area contributed by atoms with E-state index in [4.69, 9.17) is 9.97 Å². The van der Waals surface area contributed by atoms with E-state index in [1.165, 1.54) is 16.9 Å². The summed E-state index contributed by atoms with van der Waals surface area (Å²) in [6.45, 7) is 5.92. The quantitative estimate of drug-likeness (QED) is 0.446. The average Bonchev–Trinajstić information content (AvgIpc) is 3.53. The second kappa shape index (κ2) is 10.7. The van der Waals surface area contributed by atoms with Crippen LogP contribution in [0.1, 0.15) is 92.4 Å². The van der Waals surface area contributed by atoms with Gasteiger partial charge in [0.1, 0.15) is 5.65 Å². The molecular formula is C27H37N5O2S. The number of carbonyl (C=O) groups excluding carboxylic acids is 1. The number of thiophene rings is 1. The molecule has 3 aromatic rings. The molecule has 0 aromatic carbocycles. The number of rotatable bonds is 7. The number of amides is 1. The van der Waals surface area contributed by atoms with Gasteiger partial charge in [0.15, 0.2) is 0 Å². The highest BCUT2D eigenvalue weighted by atomic mass is 32.1. The summed E-state index contributed by atoms with van der Waals surface area (Å²) in [5.74, 6) is 1.24. The Morgan fingerprint density at radius 2 is 2.00 bits per heavy atom. The monoisotopic (exact) mass is 495 g/mol. The summed E-state index contributed by atoms with van der Waals surface area (Å²) in [5.41, 5.74) is 2.31. The zero-order chi connectivity index (χ0) is 24.4. The Kier molecular flexibility index (Phi) is 7.39. The topological polar surface area (TPSA) is 83.3 Å². The van der Waals surface area contributed by atoms with Gasteiger partial charge in [-0.25, -0.2) is 4.98 Å². The Hall–Kier alpha value is -2.45. The van der Waals surface area contributed by atoms with Crippen LogP contribution >= 0.6 is 11.3 Å². The largest absolute Gasteiger partial charge is 0.393 e. The molecule has 8 heteroatoms. The Morgan fingerprint density at radius 3 is 2.69 bits per heavy atom. The summed E-state index contributed by atoms with van der Waals surface area (Å²) in [4.78, 5) is 25.3. The number of likely N-dealkylation sites (tertiary alicyclic amines) is 1. The van der Waals surface area contributed by atoms with E-state index in [2.05, 4.69) is 29.9 Å². The molecule has 2 aliphatic rings. The summed E-state index contributed by atoms with van der Waals surface area (Å²) < 4.78 is 2.36. The first-order chi connectivity index (χ1) is 17.0. The van der Waals surface area contributed by atoms with Crippen molar-refractivity contribution in [3.05, 3.63) is 40.3 Å². The lowest BCUT2D eigenvalue weighted by molar-refractivity contribution is 0.0718. The van der Waals surface area contributed by atoms with Crippen molar-refractivity contribution in [3.8, 4) is 0 Å². The second-order valence-electron chi connectivity index (χ2n) is 10.3. The van der Waals surface area contributed by atoms with Gasteiger partial charge in [0.2, 0.25) is 5.95 Å². The minimum Gasteiger partial charge on any atom is -0.393 e. The predicted molar refractivity (Wildman–Crippen MR) is 141 cm³/mol. The van der Waals surface area contributed by atoms with Gasteiger partial charge in [-0.3, -0.25) is 4.79 Å². The first kappa shape index (κ1) is 24.3. The molecule has 188 valence electrons. The van der Waals surface area contributed by atoms with Crippen LogP contribution in [0, 0.1) is 0 Å². The molecule has 4 heterocycles. The van der Waals surface area contributed by atoms with E-state index in [9.17, 15) is 9.90 Å². The third kappa shape index (κ3) is 5.23. The summed E-state index contributed by atoms with van der Waals surface area (Å²) in [6, 6.07) is 4.54. The van der Waals surface area contributed by atoms with E-state index in [0.29, 0.717) is 23.9 Å². The molecule has 3 aromatic heterocycles. The zero-order valence-corrected chi connectivity index (χ0v) is 21.6. The van der Waals surface area contributed by atoms with Crippen molar-refractivity contribution in [1.29, 1.82) is 0 Å². The molecule has 1 aliphatic carbocycles. The number of fused-ring (bicyclic) bond motifs is 1. The van der Waals surface area contributed by atoms with E-state index in [-0.39, 0.29) is 12.0 Å². The molecule has 0 radical (unpaired) electrons. The van der Waals surface area contributed by atoms with Gasteiger partial charge >= 0.3 is 0 Å². The fourth-order valence-corrected chi connectivity index (χ4v) is 6.43. The Bertz CT molecular complexity index is 1130. The molecule has 1 saturated heterocycles. The summed E-state index contributed by atoms with van der Waals surface area (Å²) in [7, 11) is 0. The first-order valence-electron chi connectivity index (χ1n) is 13.2. The van der Waals surface area contributed by atoms with Crippen molar-refractivity contribution in [3.63, 3.8) is 0 Å². The van der Waals surface area contributed by atoms with Crippen LogP contribution < -0.4 is 5.32 Å². The third-order valence-corrected chi connectivity index (χ3v) is 8.57. The SMILES string of the molecule is CCC[C@H](C)Nc1ncc2c(C3CCN(C(=O)c4cccs4)CC3)cn(C3CCC(O)CC3)c2n1. The Labute approximate surface area is 211 Å². The second-order valence-corrected chi connectivity index (χ2v) is 11.2. The molecule has 0 unspecified atom stereocenters. The number of aliphatic hydroxyl groups excluding tert-OH is 1. The highest BCUT2D eigenvalue weighted by Gasteiger charge is 2.30. The smallest absolute Gasteiger partial charge is 0.263 e. The van der Waals surface area contributed by atoms with Crippen molar-refractivity contribution >= 4 is 34.2 Å². The van der Waals surface area contributed by atoms with Gasteiger partial charge < -0.3 is 19.9 Å². The number of carbonyl (C=O) groups is 1. The molecule has 1 aliphatic heterocycles. The number of nitrogens with zero attached hydrogens (tertiary/aromatic N) is 4. The number of hydrogen-bond donors (Lipinski definition) is 2. The lowest BCUT2D eigenvalue weighted by atomic mass is 9.89. The van der Waals surface area contributed by atoms with Gasteiger partial charge in [0, 0.05) is 43.0 Å². The fraction of sp³-hybridized carbons (Fsp3) is 0.593. The molecule has 0 bridgehead atoms. The summed E-state index contributed by atoms with van der Waals surface area (Å²) in [5, 5.41) is 16.6. The number of nitrogens with one attached hydrogen (secondary N) is 1. The third-order valence-electron chi connectivity index (χ3n) is 7.71. The zero-order valence-electron chi connectivity index (χ0n) is 20.8. The average molecular weight is 496 g/mol. The van der Waals surface area contributed by atoms with Crippen LogP contribution in [0.3, 0.4) is 0 Å². The molecule has 1 amide bonds. The van der Waals surface area contributed by atoms with Gasteiger partial charge in [-0.05, 0) is 74.8 Å². The minimum absolute atomic E-state index is 0.155. The molecule has 5 rings (SSSR count). The molecule has 7 nitrogen and oxygen atoms in total. The van der Waals surface area contributed by atoms with Crippen LogP contribution in [0.4, 0.5) is 5.95 Å². The van der Waals surface area contributed by atoms with Crippen LogP contribution in [0.25, 0.3) is 11.0 Å². The summed E-state index contributed by atoms with van der Waals surface area (Å²) in [6.07, 6.45) is 11.8. The number of aliphatic hydroxyl groups is 1. The number of piperidine rings is 1. The van der Waals surface area contributed by atoms with Gasteiger partial charge in [-0.1, -0.05) is 19.4 Å². The van der Waals surface area contributed by atoms with Crippen LogP contribution in [0.15, 0.2) is 29.9 Å². The maximum atomic E-state index is 12.8. The molecular weight excluding hydrogens is 458 g/mol. The van der Waals surface area contributed by atoms with Gasteiger partial charge in [0.25, 0.3) is 5.91 Å². The van der Waals surface area contributed by atoms with Crippen LogP contribution in [0.5, 0.6) is 0 Å². The number of anilines is 1. The normalized spacial score (nSPS) is 22.4. The minimum atomic E-state index is -0.181. The molecule has 1 saturated carbocycles. The summed E-state index contributed by atoms with van der Waals surface area (Å²) >= 11 is 1.52. The van der Waals surface area contributed by atoms with E-state index >= 15 is 0 Å². The molecule has 2 N–H and O–H groups in total. The highest BCUT2D eigenvalue weighted by Crippen LogP contribution is 2.38. The van der Waals surface area contributed by atoms with Gasteiger partial charge in [-0.15, -0.1) is 11.3 Å². The van der Waals surface area contributed by atoms with E-state index in [1.54, 1.807) is 0 Å². The lowest BCUT2D eigenvalue weighted by Gasteiger charge is -2.31. The highest BCUT2D eigenvalue weighted by molar-refractivity contribution is 7.12. The van der Waals surface area contributed by atoms with E-state index < -0.39 is 0 Å². The van der Waals surface area contributed by atoms with Crippen LogP contribution in [0.2, 0.25) is 0 Å². The molecule has 2 fully saturated rings. The Morgan fingerprint density at radius 1 is 1.23 bits per heavy atom. The van der Waals surface area contributed by atoms with Crippen molar-refractivity contribution in [2.24, 2.45) is 0 Å². The van der Waals surface area contributed by atoms with Crippen molar-refractivity contribution in [2.45, 2.75) is 89.3 Å². The van der Waals surface area contributed by atoms with Gasteiger partial charge in [-0.2, -0.15) is 4.98 Å². The molecule has 1 atom stereocenters. The van der Waals surface area contributed by atoms with Crippen molar-refractivity contribution in [2.75, 3.05) is 18.4 Å². The van der Waals surface area contributed by atoms with Crippen LogP contribution in [-0.4, -0.2) is 55.7 Å². The van der Waals surface area contributed by atoms with E-state index in [0.717, 1.165) is 80.4 Å². The van der Waals surface area contributed by atoms with Crippen molar-refractivity contribution < 1.29 is 9.90 Å². The number of aromatic nitrogens is 3. The Balaban J connectivity index is 1.40. The molecule has 35 heavy (non-hydrogen) atoms. The molecule has 0 spiro atoms. The maximum Gasteiger partial charge on any atom is 0.263 e. The predicted octanol–water partition coefficient (Wildman–Crippen LogP) is 5.59. The van der Waals surface area contributed by atoms with E-state index in [1.807, 2.05) is 28.6 Å². The lowest BCUT2D eigenvalue weighted by Crippen LogP contribution is -2.37. The maximum absolute atomic E-state index is 12.8.